The summed E-state index contributed by atoms with van der Waals surface area (Å²) < 4.78 is 13.6. The van der Waals surface area contributed by atoms with Crippen molar-refractivity contribution in [3.8, 4) is 0 Å². The maximum absolute atomic E-state index is 13.6. The molecule has 0 amide bonds. The van der Waals surface area contributed by atoms with Gasteiger partial charge in [-0.3, -0.25) is 4.98 Å². The lowest BCUT2D eigenvalue weighted by Gasteiger charge is -2.11. The Morgan fingerprint density at radius 2 is 2.18 bits per heavy atom. The quantitative estimate of drug-likeness (QED) is 0.909. The minimum Gasteiger partial charge on any atom is -0.389 e. The van der Waals surface area contributed by atoms with Crippen molar-refractivity contribution in [3.05, 3.63) is 48.2 Å². The number of nitrogens with zero attached hydrogens (tertiary/aromatic N) is 2. The van der Waals surface area contributed by atoms with Crippen molar-refractivity contribution in [2.24, 2.45) is 0 Å². The smallest absolute Gasteiger partial charge is 0.130 e. The van der Waals surface area contributed by atoms with Crippen LogP contribution in [0.2, 0.25) is 0 Å². The first kappa shape index (κ1) is 12.0. The highest BCUT2D eigenvalue weighted by molar-refractivity contribution is 7.99. The molecule has 88 valence electrons. The summed E-state index contributed by atoms with van der Waals surface area (Å²) in [6, 6.07) is 4.70. The highest BCUT2D eigenvalue weighted by Crippen LogP contribution is 2.33. The molecule has 0 saturated carbocycles. The number of aromatic nitrogens is 2. The lowest BCUT2D eigenvalue weighted by Crippen LogP contribution is -1.98. The van der Waals surface area contributed by atoms with Gasteiger partial charge >= 0.3 is 0 Å². The Balaban J connectivity index is 2.36. The lowest BCUT2D eigenvalue weighted by atomic mass is 10.1. The topological polar surface area (TPSA) is 46.0 Å². The van der Waals surface area contributed by atoms with E-state index in [1.165, 1.54) is 17.8 Å². The number of hydrogen-bond donors (Lipinski definition) is 1. The Bertz CT molecular complexity index is 505. The van der Waals surface area contributed by atoms with Crippen LogP contribution in [0.25, 0.3) is 0 Å². The van der Waals surface area contributed by atoms with Crippen LogP contribution in [0.4, 0.5) is 4.39 Å². The first-order valence-electron chi connectivity index (χ1n) is 5.09. The minimum atomic E-state index is -0.852. The fraction of sp³-hybridized carbons (Fsp3) is 0.167. The molecule has 0 fully saturated rings. The molecule has 0 bridgehead atoms. The summed E-state index contributed by atoms with van der Waals surface area (Å²) in [5, 5.41) is 10.2. The number of halogens is 1. The molecule has 0 saturated heterocycles. The van der Waals surface area contributed by atoms with Crippen molar-refractivity contribution >= 4 is 11.8 Å². The molecule has 3 nitrogen and oxygen atoms in total. The maximum Gasteiger partial charge on any atom is 0.130 e. The van der Waals surface area contributed by atoms with Gasteiger partial charge < -0.3 is 5.11 Å². The number of hydrogen-bond acceptors (Lipinski definition) is 4. The van der Waals surface area contributed by atoms with E-state index in [0.29, 0.717) is 15.5 Å². The fourth-order valence-electron chi connectivity index (χ4n) is 1.46. The monoisotopic (exact) mass is 250 g/mol. The van der Waals surface area contributed by atoms with E-state index in [4.69, 9.17) is 0 Å². The van der Waals surface area contributed by atoms with E-state index in [-0.39, 0.29) is 0 Å². The number of benzene rings is 1. The van der Waals surface area contributed by atoms with Gasteiger partial charge in [-0.15, -0.1) is 0 Å². The minimum absolute atomic E-state index is 0.295. The molecular formula is C12H11FN2OS. The SMILES string of the molecule is CC(O)c1c(F)cccc1Sc1cnccn1. The Labute approximate surface area is 103 Å². The summed E-state index contributed by atoms with van der Waals surface area (Å²) in [6.07, 6.45) is 3.89. The van der Waals surface area contributed by atoms with Gasteiger partial charge in [0, 0.05) is 22.9 Å². The van der Waals surface area contributed by atoms with Crippen LogP contribution in [-0.2, 0) is 0 Å². The summed E-state index contributed by atoms with van der Waals surface area (Å²) in [6.45, 7) is 1.54. The van der Waals surface area contributed by atoms with Crippen LogP contribution in [0.1, 0.15) is 18.6 Å². The van der Waals surface area contributed by atoms with Crippen molar-refractivity contribution in [2.45, 2.75) is 22.9 Å². The molecule has 1 unspecified atom stereocenters. The number of aliphatic hydroxyl groups excluding tert-OH is 1. The van der Waals surface area contributed by atoms with Gasteiger partial charge in [0.25, 0.3) is 0 Å². The molecule has 2 rings (SSSR count). The molecule has 5 heteroatoms. The normalized spacial score (nSPS) is 12.4. The third kappa shape index (κ3) is 2.81. The van der Waals surface area contributed by atoms with E-state index in [1.807, 2.05) is 0 Å². The van der Waals surface area contributed by atoms with Gasteiger partial charge in [-0.25, -0.2) is 9.37 Å². The maximum atomic E-state index is 13.6. The first-order valence-corrected chi connectivity index (χ1v) is 5.90. The average Bonchev–Trinajstić information content (AvgIpc) is 2.30. The summed E-state index contributed by atoms with van der Waals surface area (Å²) in [7, 11) is 0. The zero-order valence-corrected chi connectivity index (χ0v) is 9.99. The van der Waals surface area contributed by atoms with E-state index < -0.39 is 11.9 Å². The van der Waals surface area contributed by atoms with Crippen molar-refractivity contribution in [1.29, 1.82) is 0 Å². The number of aliphatic hydroxyl groups is 1. The molecule has 1 N–H and O–H groups in total. The Morgan fingerprint density at radius 3 is 2.82 bits per heavy atom. The molecule has 1 aromatic heterocycles. The average molecular weight is 250 g/mol. The second-order valence-electron chi connectivity index (χ2n) is 3.47. The molecule has 1 heterocycles. The summed E-state index contributed by atoms with van der Waals surface area (Å²) in [5.74, 6) is -0.408. The molecule has 0 spiro atoms. The fourth-order valence-corrected chi connectivity index (χ4v) is 2.44. The molecule has 17 heavy (non-hydrogen) atoms. The van der Waals surface area contributed by atoms with Gasteiger partial charge in [0.2, 0.25) is 0 Å². The van der Waals surface area contributed by atoms with Gasteiger partial charge in [-0.05, 0) is 19.1 Å². The second-order valence-corrected chi connectivity index (χ2v) is 4.54. The molecular weight excluding hydrogens is 239 g/mol. The molecule has 0 radical (unpaired) electrons. The summed E-state index contributed by atoms with van der Waals surface area (Å²) >= 11 is 1.28. The Morgan fingerprint density at radius 1 is 1.35 bits per heavy atom. The van der Waals surface area contributed by atoms with Crippen LogP contribution in [-0.4, -0.2) is 15.1 Å². The highest BCUT2D eigenvalue weighted by Gasteiger charge is 2.14. The van der Waals surface area contributed by atoms with Gasteiger partial charge in [0.05, 0.1) is 12.3 Å². The van der Waals surface area contributed by atoms with Crippen molar-refractivity contribution in [3.63, 3.8) is 0 Å². The Kier molecular flexibility index (Phi) is 3.71. The van der Waals surface area contributed by atoms with E-state index in [2.05, 4.69) is 9.97 Å². The van der Waals surface area contributed by atoms with Crippen LogP contribution in [0.3, 0.4) is 0 Å². The van der Waals surface area contributed by atoms with Crippen molar-refractivity contribution < 1.29 is 9.50 Å². The van der Waals surface area contributed by atoms with E-state index >= 15 is 0 Å². The van der Waals surface area contributed by atoms with Crippen molar-refractivity contribution in [1.82, 2.24) is 9.97 Å². The van der Waals surface area contributed by atoms with Crippen LogP contribution in [0, 0.1) is 5.82 Å². The van der Waals surface area contributed by atoms with Crippen LogP contribution < -0.4 is 0 Å². The predicted molar refractivity (Wildman–Crippen MR) is 63.2 cm³/mol. The van der Waals surface area contributed by atoms with Gasteiger partial charge in [-0.1, -0.05) is 17.8 Å². The predicted octanol–water partition coefficient (Wildman–Crippen LogP) is 2.82. The molecule has 0 aliphatic carbocycles. The standard InChI is InChI=1S/C12H11FN2OS/c1-8(16)12-9(13)3-2-4-10(12)17-11-7-14-5-6-15-11/h2-8,16H,1H3. The third-order valence-corrected chi connectivity index (χ3v) is 3.18. The van der Waals surface area contributed by atoms with Crippen LogP contribution in [0.15, 0.2) is 46.7 Å². The van der Waals surface area contributed by atoms with E-state index in [0.717, 1.165) is 0 Å². The Hall–Kier alpha value is -1.46. The molecule has 1 aromatic carbocycles. The zero-order chi connectivity index (χ0) is 12.3. The first-order chi connectivity index (χ1) is 8.18. The third-order valence-electron chi connectivity index (χ3n) is 2.18. The zero-order valence-electron chi connectivity index (χ0n) is 9.17. The molecule has 0 aliphatic heterocycles. The molecule has 0 aliphatic rings. The highest BCUT2D eigenvalue weighted by atomic mass is 32.2. The summed E-state index contributed by atoms with van der Waals surface area (Å²) in [4.78, 5) is 8.69. The van der Waals surface area contributed by atoms with E-state index in [1.54, 1.807) is 37.6 Å². The number of rotatable bonds is 3. The van der Waals surface area contributed by atoms with Gasteiger partial charge in [0.1, 0.15) is 10.8 Å². The second kappa shape index (κ2) is 5.25. The largest absolute Gasteiger partial charge is 0.389 e. The van der Waals surface area contributed by atoms with Gasteiger partial charge in [-0.2, -0.15) is 0 Å². The lowest BCUT2D eigenvalue weighted by molar-refractivity contribution is 0.191. The molecule has 2 aromatic rings. The van der Waals surface area contributed by atoms with Crippen LogP contribution >= 0.6 is 11.8 Å². The van der Waals surface area contributed by atoms with Crippen LogP contribution in [0.5, 0.6) is 0 Å². The van der Waals surface area contributed by atoms with E-state index in [9.17, 15) is 9.50 Å². The summed E-state index contributed by atoms with van der Waals surface area (Å²) in [5.41, 5.74) is 0.295. The van der Waals surface area contributed by atoms with Crippen molar-refractivity contribution in [2.75, 3.05) is 0 Å². The molecule has 1 atom stereocenters. The van der Waals surface area contributed by atoms with Gasteiger partial charge in [0.15, 0.2) is 0 Å².